The van der Waals surface area contributed by atoms with Crippen molar-refractivity contribution in [3.05, 3.63) is 65.7 Å². The van der Waals surface area contributed by atoms with Crippen LogP contribution in [0.1, 0.15) is 17.5 Å². The largest absolute Gasteiger partial charge is 0.375 e. The highest BCUT2D eigenvalue weighted by molar-refractivity contribution is 6.00. The van der Waals surface area contributed by atoms with Crippen molar-refractivity contribution in [3.8, 4) is 0 Å². The Morgan fingerprint density at radius 1 is 1.05 bits per heavy atom. The van der Waals surface area contributed by atoms with Crippen LogP contribution in [0, 0.1) is 5.41 Å². The number of benzene rings is 2. The van der Waals surface area contributed by atoms with Crippen LogP contribution in [0.3, 0.4) is 0 Å². The minimum absolute atomic E-state index is 0.674. The molecule has 3 rings (SSSR count). The third kappa shape index (κ3) is 2.92. The minimum Gasteiger partial charge on any atom is -0.375 e. The van der Waals surface area contributed by atoms with Crippen LogP contribution < -0.4 is 4.90 Å². The van der Waals surface area contributed by atoms with Gasteiger partial charge in [-0.05, 0) is 24.1 Å². The molecule has 108 valence electrons. The molecule has 0 bridgehead atoms. The molecule has 2 aromatic rings. The van der Waals surface area contributed by atoms with Crippen LogP contribution in [0.5, 0.6) is 0 Å². The molecule has 0 saturated carbocycles. The van der Waals surface area contributed by atoms with E-state index < -0.39 is 0 Å². The van der Waals surface area contributed by atoms with Gasteiger partial charge in [-0.2, -0.15) is 0 Å². The van der Waals surface area contributed by atoms with Gasteiger partial charge in [0.05, 0.1) is 0 Å². The van der Waals surface area contributed by atoms with E-state index in [1.54, 1.807) is 0 Å². The summed E-state index contributed by atoms with van der Waals surface area (Å²) in [5, 5.41) is 8.25. The first-order chi connectivity index (χ1) is 10.3. The summed E-state index contributed by atoms with van der Waals surface area (Å²) in [5.74, 6) is 0.674. The maximum absolute atomic E-state index is 8.25. The minimum atomic E-state index is 0.674. The van der Waals surface area contributed by atoms with E-state index >= 15 is 0 Å². The van der Waals surface area contributed by atoms with Gasteiger partial charge < -0.3 is 9.80 Å². The summed E-state index contributed by atoms with van der Waals surface area (Å²) in [6.07, 6.45) is 1.06. The quantitative estimate of drug-likeness (QED) is 0.909. The van der Waals surface area contributed by atoms with Gasteiger partial charge in [0, 0.05) is 37.9 Å². The second-order valence-electron chi connectivity index (χ2n) is 5.54. The lowest BCUT2D eigenvalue weighted by Gasteiger charge is -2.22. The van der Waals surface area contributed by atoms with Gasteiger partial charge >= 0.3 is 0 Å². The Bertz CT molecular complexity index is 621. The molecule has 2 aromatic carbocycles. The van der Waals surface area contributed by atoms with Gasteiger partial charge in [0.1, 0.15) is 5.84 Å². The number of hydrogen-bond acceptors (Lipinski definition) is 2. The van der Waals surface area contributed by atoms with Crippen LogP contribution >= 0.6 is 0 Å². The van der Waals surface area contributed by atoms with Gasteiger partial charge in [0.15, 0.2) is 0 Å². The molecule has 0 aliphatic carbocycles. The monoisotopic (exact) mass is 279 g/mol. The van der Waals surface area contributed by atoms with E-state index in [2.05, 4.69) is 53.2 Å². The highest BCUT2D eigenvalue weighted by Crippen LogP contribution is 2.22. The predicted molar refractivity (Wildman–Crippen MR) is 88.0 cm³/mol. The van der Waals surface area contributed by atoms with E-state index in [0.29, 0.717) is 5.84 Å². The van der Waals surface area contributed by atoms with E-state index in [1.807, 2.05) is 18.2 Å². The molecule has 3 heteroatoms. The van der Waals surface area contributed by atoms with Crippen LogP contribution in [0.4, 0.5) is 5.69 Å². The highest BCUT2D eigenvalue weighted by Gasteiger charge is 2.22. The van der Waals surface area contributed by atoms with E-state index in [4.69, 9.17) is 5.41 Å². The molecule has 0 aromatic heterocycles. The van der Waals surface area contributed by atoms with Crippen LogP contribution in [0.15, 0.2) is 54.6 Å². The molecule has 1 N–H and O–H groups in total. The van der Waals surface area contributed by atoms with Crippen molar-refractivity contribution >= 4 is 11.5 Å². The fourth-order valence-corrected chi connectivity index (χ4v) is 2.85. The van der Waals surface area contributed by atoms with Crippen molar-refractivity contribution in [3.63, 3.8) is 0 Å². The first-order valence-electron chi connectivity index (χ1n) is 7.43. The van der Waals surface area contributed by atoms with Crippen molar-refractivity contribution < 1.29 is 0 Å². The van der Waals surface area contributed by atoms with Crippen molar-refractivity contribution in [1.82, 2.24) is 4.90 Å². The molecule has 1 aliphatic heterocycles. The molecule has 0 spiro atoms. The van der Waals surface area contributed by atoms with Crippen molar-refractivity contribution in [2.75, 3.05) is 25.0 Å². The highest BCUT2D eigenvalue weighted by atomic mass is 15.2. The lowest BCUT2D eigenvalue weighted by atomic mass is 10.1. The van der Waals surface area contributed by atoms with Crippen LogP contribution in [0.2, 0.25) is 0 Å². The zero-order chi connectivity index (χ0) is 14.7. The van der Waals surface area contributed by atoms with E-state index in [0.717, 1.165) is 31.6 Å². The predicted octanol–water partition coefficient (Wildman–Crippen LogP) is 3.35. The van der Waals surface area contributed by atoms with Gasteiger partial charge in [0.25, 0.3) is 0 Å². The molecule has 1 aliphatic rings. The molecule has 0 saturated heterocycles. The maximum atomic E-state index is 8.25. The van der Waals surface area contributed by atoms with Gasteiger partial charge in [-0.3, -0.25) is 5.41 Å². The molecular weight excluding hydrogens is 258 g/mol. The first kappa shape index (κ1) is 13.7. The number of fused-ring (bicyclic) bond motifs is 1. The summed E-state index contributed by atoms with van der Waals surface area (Å²) in [7, 11) is 2.12. The third-order valence-corrected chi connectivity index (χ3v) is 4.07. The zero-order valence-corrected chi connectivity index (χ0v) is 12.4. The lowest BCUT2D eigenvalue weighted by Crippen LogP contribution is -2.28. The van der Waals surface area contributed by atoms with Gasteiger partial charge in [-0.15, -0.1) is 0 Å². The number of nitrogens with zero attached hydrogens (tertiary/aromatic N) is 2. The smallest absolute Gasteiger partial charge is 0.128 e. The van der Waals surface area contributed by atoms with Crippen LogP contribution in [-0.2, 0) is 6.54 Å². The molecule has 0 radical (unpaired) electrons. The average Bonchev–Trinajstić information content (AvgIpc) is 2.85. The van der Waals surface area contributed by atoms with Crippen molar-refractivity contribution in [2.24, 2.45) is 0 Å². The van der Waals surface area contributed by atoms with Crippen molar-refractivity contribution in [1.29, 1.82) is 5.41 Å². The summed E-state index contributed by atoms with van der Waals surface area (Å²) < 4.78 is 0. The molecule has 3 nitrogen and oxygen atoms in total. The van der Waals surface area contributed by atoms with Gasteiger partial charge in [-0.1, -0.05) is 42.5 Å². The summed E-state index contributed by atoms with van der Waals surface area (Å²) in [6.45, 7) is 2.82. The number of anilines is 1. The average molecular weight is 279 g/mol. The van der Waals surface area contributed by atoms with Gasteiger partial charge in [-0.25, -0.2) is 0 Å². The van der Waals surface area contributed by atoms with E-state index in [9.17, 15) is 0 Å². The van der Waals surface area contributed by atoms with Crippen LogP contribution in [0.25, 0.3) is 0 Å². The van der Waals surface area contributed by atoms with E-state index in [1.165, 1.54) is 11.3 Å². The third-order valence-electron chi connectivity index (χ3n) is 4.07. The summed E-state index contributed by atoms with van der Waals surface area (Å²) in [6, 6.07) is 18.7. The lowest BCUT2D eigenvalue weighted by molar-refractivity contribution is 0.420. The number of nitrogens with one attached hydrogen (secondary N) is 1. The van der Waals surface area contributed by atoms with E-state index in [-0.39, 0.29) is 0 Å². The number of hydrogen-bond donors (Lipinski definition) is 1. The Morgan fingerprint density at radius 3 is 2.52 bits per heavy atom. The number of para-hydroxylation sites is 1. The normalized spacial score (nSPS) is 13.4. The molecule has 21 heavy (non-hydrogen) atoms. The number of rotatable bonds is 5. The Morgan fingerprint density at radius 2 is 1.76 bits per heavy atom. The van der Waals surface area contributed by atoms with Crippen LogP contribution in [-0.4, -0.2) is 30.9 Å². The summed E-state index contributed by atoms with van der Waals surface area (Å²) in [4.78, 5) is 4.44. The molecule has 0 amide bonds. The topological polar surface area (TPSA) is 30.3 Å². The molecule has 0 atom stereocenters. The fraction of sp³-hybridized carbons (Fsp3) is 0.278. The Balaban J connectivity index is 1.52. The summed E-state index contributed by atoms with van der Waals surface area (Å²) in [5.41, 5.74) is 3.62. The van der Waals surface area contributed by atoms with Crippen molar-refractivity contribution in [2.45, 2.75) is 13.0 Å². The Labute approximate surface area is 126 Å². The molecular formula is C18H21N3. The Kier molecular flexibility index (Phi) is 3.91. The molecule has 1 heterocycles. The second kappa shape index (κ2) is 6.00. The summed E-state index contributed by atoms with van der Waals surface area (Å²) >= 11 is 0. The zero-order valence-electron chi connectivity index (χ0n) is 12.4. The molecule has 0 unspecified atom stereocenters. The fourth-order valence-electron chi connectivity index (χ4n) is 2.85. The second-order valence-corrected chi connectivity index (χ2v) is 5.54. The maximum Gasteiger partial charge on any atom is 0.128 e. The van der Waals surface area contributed by atoms with Gasteiger partial charge in [0.2, 0.25) is 0 Å². The SMILES string of the molecule is CN(CCCN1Cc2ccccc2C1=N)c1ccccc1. The number of amidine groups is 1. The molecule has 0 fully saturated rings. The standard InChI is InChI=1S/C18H21N3/c1-20(16-9-3-2-4-10-16)12-7-13-21-14-15-8-5-6-11-17(15)18(21)19/h2-6,8-11,19H,7,12-14H2,1H3. The first-order valence-corrected chi connectivity index (χ1v) is 7.43. The Hall–Kier alpha value is -2.29.